The quantitative estimate of drug-likeness (QED) is 0.822. The average Bonchev–Trinajstić information content (AvgIpc) is 3.27. The normalized spacial score (nSPS) is 34.2. The van der Waals surface area contributed by atoms with Gasteiger partial charge >= 0.3 is 0 Å². The molecule has 2 aliphatic carbocycles. The lowest BCUT2D eigenvalue weighted by atomic mass is 9.69. The van der Waals surface area contributed by atoms with Crippen LogP contribution in [-0.4, -0.2) is 44.7 Å². The van der Waals surface area contributed by atoms with Gasteiger partial charge in [-0.15, -0.1) is 5.10 Å². The molecule has 1 aromatic heterocycles. The fourth-order valence-electron chi connectivity index (χ4n) is 5.80. The van der Waals surface area contributed by atoms with Crippen LogP contribution in [0.5, 0.6) is 0 Å². The first kappa shape index (κ1) is 16.4. The van der Waals surface area contributed by atoms with Crippen molar-refractivity contribution in [2.75, 3.05) is 5.75 Å². The molecular weight excluding hydrogens is 350 g/mol. The number of aromatic nitrogens is 4. The number of benzene rings is 1. The van der Waals surface area contributed by atoms with Crippen molar-refractivity contribution in [3.8, 4) is 5.69 Å². The summed E-state index contributed by atoms with van der Waals surface area (Å²) >= 11 is 0. The number of para-hydroxylation sites is 1. The standard InChI is InChI=1S/C18H23N5O2S/c1-17(2)13-8-9-18(17)12-26(24,25)22(15(18)10-13)11-16-19-20-21-23(16)14-6-4-3-5-7-14/h3-7,13,15H,8-12H2,1-2H3/t13-,15+,18?/m1/s1. The molecule has 1 unspecified atom stereocenters. The van der Waals surface area contributed by atoms with Crippen LogP contribution in [0.15, 0.2) is 30.3 Å². The van der Waals surface area contributed by atoms with Gasteiger partial charge in [0, 0.05) is 11.5 Å². The molecule has 2 heterocycles. The smallest absolute Gasteiger partial charge is 0.212 e. The SMILES string of the molecule is CC1(C)[C@@H]2CCC13CS(=O)(=O)N(Cc1nnnn1-c1ccccc1)[C@H]3C2. The van der Waals surface area contributed by atoms with Crippen molar-refractivity contribution in [1.82, 2.24) is 24.5 Å². The van der Waals surface area contributed by atoms with Gasteiger partial charge in [-0.1, -0.05) is 32.0 Å². The van der Waals surface area contributed by atoms with E-state index in [0.717, 1.165) is 24.9 Å². The Morgan fingerprint density at radius 3 is 2.73 bits per heavy atom. The van der Waals surface area contributed by atoms with Gasteiger partial charge in [-0.3, -0.25) is 0 Å². The highest BCUT2D eigenvalue weighted by molar-refractivity contribution is 7.89. The van der Waals surface area contributed by atoms with E-state index < -0.39 is 10.0 Å². The molecule has 7 nitrogen and oxygen atoms in total. The molecule has 138 valence electrons. The highest BCUT2D eigenvalue weighted by Gasteiger charge is 2.71. The monoisotopic (exact) mass is 373 g/mol. The maximum atomic E-state index is 13.1. The summed E-state index contributed by atoms with van der Waals surface area (Å²) in [5.41, 5.74) is 0.791. The third-order valence-electron chi connectivity index (χ3n) is 7.37. The van der Waals surface area contributed by atoms with Crippen LogP contribution in [0.1, 0.15) is 38.9 Å². The molecule has 3 aliphatic rings. The van der Waals surface area contributed by atoms with E-state index in [0.29, 0.717) is 11.7 Å². The molecular formula is C18H23N5O2S. The van der Waals surface area contributed by atoms with E-state index in [1.165, 1.54) is 0 Å². The molecule has 3 atom stereocenters. The fraction of sp³-hybridized carbons (Fsp3) is 0.611. The molecule has 2 aromatic rings. The Hall–Kier alpha value is -1.80. The van der Waals surface area contributed by atoms with E-state index in [9.17, 15) is 8.42 Å². The van der Waals surface area contributed by atoms with Crippen molar-refractivity contribution >= 4 is 10.0 Å². The van der Waals surface area contributed by atoms with Crippen LogP contribution in [0, 0.1) is 16.7 Å². The van der Waals surface area contributed by atoms with Gasteiger partial charge in [0.1, 0.15) is 0 Å². The highest BCUT2D eigenvalue weighted by atomic mass is 32.2. The molecule has 1 aliphatic heterocycles. The van der Waals surface area contributed by atoms with Gasteiger partial charge in [-0.25, -0.2) is 8.42 Å². The summed E-state index contributed by atoms with van der Waals surface area (Å²) in [5.74, 6) is 1.44. The minimum absolute atomic E-state index is 0.0715. The van der Waals surface area contributed by atoms with Crippen molar-refractivity contribution in [2.24, 2.45) is 16.7 Å². The number of nitrogens with zero attached hydrogens (tertiary/aromatic N) is 5. The van der Waals surface area contributed by atoms with Crippen molar-refractivity contribution in [1.29, 1.82) is 0 Å². The van der Waals surface area contributed by atoms with Gasteiger partial charge < -0.3 is 0 Å². The summed E-state index contributed by atoms with van der Waals surface area (Å²) in [5, 5.41) is 12.0. The topological polar surface area (TPSA) is 81.0 Å². The van der Waals surface area contributed by atoms with Crippen LogP contribution < -0.4 is 0 Å². The summed E-state index contributed by atoms with van der Waals surface area (Å²) in [6, 6.07) is 9.67. The lowest BCUT2D eigenvalue weighted by molar-refractivity contribution is 0.111. The zero-order valence-electron chi connectivity index (χ0n) is 15.0. The Labute approximate surface area is 153 Å². The van der Waals surface area contributed by atoms with E-state index in [4.69, 9.17) is 0 Å². The van der Waals surface area contributed by atoms with E-state index >= 15 is 0 Å². The van der Waals surface area contributed by atoms with Crippen LogP contribution >= 0.6 is 0 Å². The molecule has 1 aromatic carbocycles. The predicted molar refractivity (Wildman–Crippen MR) is 95.8 cm³/mol. The van der Waals surface area contributed by atoms with Crippen molar-refractivity contribution in [2.45, 2.75) is 45.7 Å². The second-order valence-corrected chi connectivity index (χ2v) is 10.4. The van der Waals surface area contributed by atoms with Crippen molar-refractivity contribution < 1.29 is 8.42 Å². The van der Waals surface area contributed by atoms with Gasteiger partial charge in [0.2, 0.25) is 10.0 Å². The summed E-state index contributed by atoms with van der Waals surface area (Å²) in [7, 11) is -3.31. The Morgan fingerprint density at radius 1 is 1.23 bits per heavy atom. The van der Waals surface area contributed by atoms with Gasteiger partial charge in [-0.2, -0.15) is 8.99 Å². The van der Waals surface area contributed by atoms with Crippen molar-refractivity contribution in [3.63, 3.8) is 0 Å². The van der Waals surface area contributed by atoms with Crippen LogP contribution in [0.4, 0.5) is 0 Å². The fourth-order valence-corrected chi connectivity index (χ4v) is 8.31. The molecule has 26 heavy (non-hydrogen) atoms. The molecule has 2 saturated carbocycles. The lowest BCUT2D eigenvalue weighted by Gasteiger charge is -2.37. The molecule has 2 bridgehead atoms. The summed E-state index contributed by atoms with van der Waals surface area (Å²) in [4.78, 5) is 0. The average molecular weight is 373 g/mol. The first-order valence-corrected chi connectivity index (χ1v) is 10.8. The molecule has 1 spiro atoms. The number of hydrogen-bond acceptors (Lipinski definition) is 5. The van der Waals surface area contributed by atoms with Crippen LogP contribution in [0.2, 0.25) is 0 Å². The van der Waals surface area contributed by atoms with Crippen molar-refractivity contribution in [3.05, 3.63) is 36.2 Å². The van der Waals surface area contributed by atoms with E-state index in [-0.39, 0.29) is 29.2 Å². The Bertz CT molecular complexity index is 955. The number of hydrogen-bond donors (Lipinski definition) is 0. The van der Waals surface area contributed by atoms with Crippen LogP contribution in [-0.2, 0) is 16.6 Å². The second-order valence-electron chi connectivity index (χ2n) is 8.51. The predicted octanol–water partition coefficient (Wildman–Crippen LogP) is 2.00. The minimum atomic E-state index is -3.31. The Morgan fingerprint density at radius 2 is 2.00 bits per heavy atom. The van der Waals surface area contributed by atoms with E-state index in [1.807, 2.05) is 30.3 Å². The third-order valence-corrected chi connectivity index (χ3v) is 9.34. The lowest BCUT2D eigenvalue weighted by Crippen LogP contribution is -2.41. The van der Waals surface area contributed by atoms with Crippen LogP contribution in [0.3, 0.4) is 0 Å². The first-order chi connectivity index (χ1) is 12.4. The van der Waals surface area contributed by atoms with Gasteiger partial charge in [0.05, 0.1) is 18.0 Å². The molecule has 0 N–H and O–H groups in total. The number of fused-ring (bicyclic) bond motifs is 1. The van der Waals surface area contributed by atoms with E-state index in [1.54, 1.807) is 8.99 Å². The number of sulfonamides is 1. The number of tetrazole rings is 1. The zero-order valence-corrected chi connectivity index (χ0v) is 15.9. The number of rotatable bonds is 3. The summed E-state index contributed by atoms with van der Waals surface area (Å²) < 4.78 is 29.5. The Balaban J connectivity index is 1.52. The maximum absolute atomic E-state index is 13.1. The molecule has 0 radical (unpaired) electrons. The summed E-state index contributed by atoms with van der Waals surface area (Å²) in [6.07, 6.45) is 3.11. The van der Waals surface area contributed by atoms with Gasteiger partial charge in [-0.05, 0) is 53.2 Å². The van der Waals surface area contributed by atoms with Crippen LogP contribution in [0.25, 0.3) is 5.69 Å². The zero-order chi connectivity index (χ0) is 18.2. The third kappa shape index (κ3) is 1.97. The largest absolute Gasteiger partial charge is 0.215 e. The molecule has 3 fully saturated rings. The van der Waals surface area contributed by atoms with Gasteiger partial charge in [0.15, 0.2) is 5.82 Å². The summed E-state index contributed by atoms with van der Waals surface area (Å²) in [6.45, 7) is 4.76. The Kier molecular flexibility index (Phi) is 3.23. The molecule has 5 rings (SSSR count). The maximum Gasteiger partial charge on any atom is 0.215 e. The molecule has 8 heteroatoms. The molecule has 0 amide bonds. The first-order valence-electron chi connectivity index (χ1n) is 9.17. The van der Waals surface area contributed by atoms with E-state index in [2.05, 4.69) is 29.4 Å². The van der Waals surface area contributed by atoms with Gasteiger partial charge in [0.25, 0.3) is 0 Å². The molecule has 1 saturated heterocycles. The highest BCUT2D eigenvalue weighted by Crippen LogP contribution is 2.70. The second kappa shape index (κ2) is 5.13. The minimum Gasteiger partial charge on any atom is -0.212 e.